The highest BCUT2D eigenvalue weighted by molar-refractivity contribution is 5.78. The topological polar surface area (TPSA) is 59.6 Å². The van der Waals surface area contributed by atoms with Gasteiger partial charge >= 0.3 is 0 Å². The minimum Gasteiger partial charge on any atom is -0.486 e. The first-order valence-electron chi connectivity index (χ1n) is 6.26. The van der Waals surface area contributed by atoms with Crippen LogP contribution in [0.4, 0.5) is 0 Å². The van der Waals surface area contributed by atoms with E-state index in [0.29, 0.717) is 19.7 Å². The van der Waals surface area contributed by atoms with Crippen LogP contribution in [-0.4, -0.2) is 38.3 Å². The van der Waals surface area contributed by atoms with Crippen molar-refractivity contribution in [3.8, 4) is 11.5 Å². The number of hydrogen-bond acceptors (Lipinski definition) is 4. The Morgan fingerprint density at radius 2 is 2.21 bits per heavy atom. The van der Waals surface area contributed by atoms with E-state index in [1.54, 1.807) is 6.08 Å². The summed E-state index contributed by atoms with van der Waals surface area (Å²) in [5.41, 5.74) is 0. The summed E-state index contributed by atoms with van der Waals surface area (Å²) in [4.78, 5) is 11.5. The Kier molecular flexibility index (Phi) is 4.80. The summed E-state index contributed by atoms with van der Waals surface area (Å²) in [6.07, 6.45) is 1.56. The van der Waals surface area contributed by atoms with Crippen LogP contribution in [0, 0.1) is 0 Å². The number of carbonyl (C=O) groups is 1. The number of hydrogen-bond donors (Lipinski definition) is 2. The fourth-order valence-corrected chi connectivity index (χ4v) is 1.74. The lowest BCUT2D eigenvalue weighted by Crippen LogP contribution is -2.43. The number of ether oxygens (including phenoxy) is 2. The van der Waals surface area contributed by atoms with E-state index >= 15 is 0 Å². The van der Waals surface area contributed by atoms with Gasteiger partial charge in [-0.05, 0) is 12.1 Å². The summed E-state index contributed by atoms with van der Waals surface area (Å²) in [7, 11) is 0. The number of fused-ring (bicyclic) bond motifs is 1. The first kappa shape index (κ1) is 13.4. The third kappa shape index (κ3) is 3.99. The molecule has 0 aromatic heterocycles. The van der Waals surface area contributed by atoms with Crippen molar-refractivity contribution in [3.05, 3.63) is 36.9 Å². The van der Waals surface area contributed by atoms with Crippen LogP contribution in [-0.2, 0) is 4.79 Å². The molecule has 5 heteroatoms. The molecule has 1 atom stereocenters. The molecule has 1 unspecified atom stereocenters. The van der Waals surface area contributed by atoms with Crippen LogP contribution in [0.1, 0.15) is 0 Å². The van der Waals surface area contributed by atoms with Crippen LogP contribution >= 0.6 is 0 Å². The van der Waals surface area contributed by atoms with Crippen LogP contribution in [0.25, 0.3) is 0 Å². The second-order valence-corrected chi connectivity index (χ2v) is 4.22. The van der Waals surface area contributed by atoms with Gasteiger partial charge in [-0.25, -0.2) is 0 Å². The molecule has 1 aromatic carbocycles. The minimum absolute atomic E-state index is 0.0655. The Balaban J connectivity index is 1.73. The van der Waals surface area contributed by atoms with E-state index in [1.165, 1.54) is 0 Å². The van der Waals surface area contributed by atoms with E-state index < -0.39 is 0 Å². The maximum Gasteiger partial charge on any atom is 0.234 e. The molecular weight excluding hydrogens is 244 g/mol. The van der Waals surface area contributed by atoms with E-state index in [-0.39, 0.29) is 18.6 Å². The molecule has 1 heterocycles. The third-order valence-electron chi connectivity index (χ3n) is 2.67. The average molecular weight is 262 g/mol. The predicted molar refractivity (Wildman–Crippen MR) is 72.4 cm³/mol. The molecule has 1 aliphatic rings. The smallest absolute Gasteiger partial charge is 0.234 e. The maximum absolute atomic E-state index is 11.5. The number of benzene rings is 1. The quantitative estimate of drug-likeness (QED) is 0.586. The molecule has 1 aliphatic heterocycles. The number of para-hydroxylation sites is 2. The number of rotatable bonds is 6. The lowest BCUT2D eigenvalue weighted by molar-refractivity contribution is -0.120. The summed E-state index contributed by atoms with van der Waals surface area (Å²) in [5.74, 6) is 1.40. The van der Waals surface area contributed by atoms with Crippen LogP contribution in [0.5, 0.6) is 11.5 Å². The maximum atomic E-state index is 11.5. The Labute approximate surface area is 112 Å². The van der Waals surface area contributed by atoms with Gasteiger partial charge < -0.3 is 20.1 Å². The van der Waals surface area contributed by atoms with Crippen molar-refractivity contribution in [1.82, 2.24) is 10.6 Å². The number of carbonyl (C=O) groups excluding carboxylic acids is 1. The van der Waals surface area contributed by atoms with Gasteiger partial charge in [-0.3, -0.25) is 4.79 Å². The summed E-state index contributed by atoms with van der Waals surface area (Å²) >= 11 is 0. The first-order chi connectivity index (χ1) is 9.29. The average Bonchev–Trinajstić information content (AvgIpc) is 2.45. The Morgan fingerprint density at radius 3 is 3.00 bits per heavy atom. The monoisotopic (exact) mass is 262 g/mol. The van der Waals surface area contributed by atoms with Gasteiger partial charge in [0.25, 0.3) is 0 Å². The number of amides is 1. The normalized spacial score (nSPS) is 16.7. The molecule has 0 aliphatic carbocycles. The van der Waals surface area contributed by atoms with Crippen LogP contribution in [0.15, 0.2) is 36.9 Å². The van der Waals surface area contributed by atoms with Gasteiger partial charge in [0.15, 0.2) is 11.5 Å². The molecule has 0 fully saturated rings. The van der Waals surface area contributed by atoms with Crippen LogP contribution < -0.4 is 20.1 Å². The van der Waals surface area contributed by atoms with E-state index in [4.69, 9.17) is 9.47 Å². The van der Waals surface area contributed by atoms with Crippen molar-refractivity contribution in [2.24, 2.45) is 0 Å². The van der Waals surface area contributed by atoms with Gasteiger partial charge in [0.2, 0.25) is 5.91 Å². The highest BCUT2D eigenvalue weighted by Gasteiger charge is 2.20. The predicted octanol–water partition coefficient (Wildman–Crippen LogP) is 0.718. The second kappa shape index (κ2) is 6.80. The zero-order valence-electron chi connectivity index (χ0n) is 10.7. The fraction of sp³-hybridized carbons (Fsp3) is 0.357. The molecule has 0 bridgehead atoms. The molecule has 19 heavy (non-hydrogen) atoms. The molecule has 0 saturated carbocycles. The first-order valence-corrected chi connectivity index (χ1v) is 6.26. The van der Waals surface area contributed by atoms with Gasteiger partial charge in [-0.2, -0.15) is 0 Å². The van der Waals surface area contributed by atoms with Gasteiger partial charge in [-0.1, -0.05) is 18.2 Å². The fourth-order valence-electron chi connectivity index (χ4n) is 1.74. The Hall–Kier alpha value is -2.01. The van der Waals surface area contributed by atoms with Crippen molar-refractivity contribution >= 4 is 5.91 Å². The van der Waals surface area contributed by atoms with Gasteiger partial charge in [0, 0.05) is 6.54 Å². The summed E-state index contributed by atoms with van der Waals surface area (Å²) in [6, 6.07) is 7.51. The second-order valence-electron chi connectivity index (χ2n) is 4.22. The lowest BCUT2D eigenvalue weighted by atomic mass is 10.2. The lowest BCUT2D eigenvalue weighted by Gasteiger charge is -2.26. The van der Waals surface area contributed by atoms with Crippen molar-refractivity contribution in [2.75, 3.05) is 26.2 Å². The van der Waals surface area contributed by atoms with Gasteiger partial charge in [0.1, 0.15) is 12.7 Å². The largest absolute Gasteiger partial charge is 0.486 e. The van der Waals surface area contributed by atoms with Crippen molar-refractivity contribution in [3.63, 3.8) is 0 Å². The standard InChI is InChI=1S/C14H18N2O3/c1-2-7-15-9-14(17)16-8-11-10-18-12-5-3-4-6-13(12)19-11/h2-6,11,15H,1,7-10H2,(H,16,17). The van der Waals surface area contributed by atoms with Gasteiger partial charge in [0.05, 0.1) is 13.1 Å². The molecule has 0 radical (unpaired) electrons. The molecule has 1 amide bonds. The molecule has 2 rings (SSSR count). The van der Waals surface area contributed by atoms with Crippen molar-refractivity contribution in [2.45, 2.75) is 6.10 Å². The zero-order valence-corrected chi connectivity index (χ0v) is 10.7. The molecule has 0 saturated heterocycles. The molecule has 102 valence electrons. The molecular formula is C14H18N2O3. The van der Waals surface area contributed by atoms with E-state index in [0.717, 1.165) is 11.5 Å². The molecule has 5 nitrogen and oxygen atoms in total. The summed E-state index contributed by atoms with van der Waals surface area (Å²) < 4.78 is 11.3. The molecule has 0 spiro atoms. The van der Waals surface area contributed by atoms with E-state index in [2.05, 4.69) is 17.2 Å². The van der Waals surface area contributed by atoms with Crippen molar-refractivity contribution < 1.29 is 14.3 Å². The molecule has 1 aromatic rings. The minimum atomic E-state index is -0.154. The summed E-state index contributed by atoms with van der Waals surface area (Å²) in [6.45, 7) is 5.33. The zero-order chi connectivity index (χ0) is 13.5. The van der Waals surface area contributed by atoms with Crippen molar-refractivity contribution in [1.29, 1.82) is 0 Å². The van der Waals surface area contributed by atoms with E-state index in [9.17, 15) is 4.79 Å². The molecule has 2 N–H and O–H groups in total. The number of nitrogens with one attached hydrogen (secondary N) is 2. The van der Waals surface area contributed by atoms with Crippen LogP contribution in [0.2, 0.25) is 0 Å². The highest BCUT2D eigenvalue weighted by atomic mass is 16.6. The van der Waals surface area contributed by atoms with Crippen LogP contribution in [0.3, 0.4) is 0 Å². The van der Waals surface area contributed by atoms with E-state index in [1.807, 2.05) is 24.3 Å². The third-order valence-corrected chi connectivity index (χ3v) is 2.67. The SMILES string of the molecule is C=CCNCC(=O)NCC1COc2ccccc2O1. The van der Waals surface area contributed by atoms with Gasteiger partial charge in [-0.15, -0.1) is 6.58 Å². The summed E-state index contributed by atoms with van der Waals surface area (Å²) in [5, 5.41) is 5.74. The Bertz CT molecular complexity index is 448. The highest BCUT2D eigenvalue weighted by Crippen LogP contribution is 2.30. The Morgan fingerprint density at radius 1 is 1.42 bits per heavy atom.